The van der Waals surface area contributed by atoms with Gasteiger partial charge < -0.3 is 9.73 Å². The van der Waals surface area contributed by atoms with Crippen LogP contribution in [0.15, 0.2) is 51.4 Å². The fourth-order valence-electron chi connectivity index (χ4n) is 2.89. The number of hydrogen-bond donors (Lipinski definition) is 1. The SMILES string of the molecule is Cc1ccc(-c2csc3ncn(CC(=O)N[C@H](C)c4ccco4)c(=O)c23)s1. The van der Waals surface area contributed by atoms with Crippen LogP contribution in [0.3, 0.4) is 0 Å². The first-order chi connectivity index (χ1) is 13.0. The Kier molecular flexibility index (Phi) is 4.67. The molecular formula is C19H17N3O3S2. The van der Waals surface area contributed by atoms with Crippen LogP contribution in [-0.2, 0) is 11.3 Å². The van der Waals surface area contributed by atoms with E-state index in [1.807, 2.05) is 31.4 Å². The quantitative estimate of drug-likeness (QED) is 0.551. The molecule has 8 heteroatoms. The van der Waals surface area contributed by atoms with Crippen LogP contribution < -0.4 is 10.9 Å². The zero-order valence-corrected chi connectivity index (χ0v) is 16.4. The second-order valence-corrected chi connectivity index (χ2v) is 8.37. The van der Waals surface area contributed by atoms with E-state index >= 15 is 0 Å². The van der Waals surface area contributed by atoms with Crippen LogP contribution in [0, 0.1) is 6.92 Å². The molecule has 1 atom stereocenters. The van der Waals surface area contributed by atoms with Crippen LogP contribution in [0.5, 0.6) is 0 Å². The van der Waals surface area contributed by atoms with Gasteiger partial charge in [0.25, 0.3) is 5.56 Å². The van der Waals surface area contributed by atoms with E-state index in [1.165, 1.54) is 27.1 Å². The molecule has 0 aliphatic heterocycles. The number of aromatic nitrogens is 2. The summed E-state index contributed by atoms with van der Waals surface area (Å²) in [6.07, 6.45) is 2.99. The Balaban J connectivity index is 1.62. The van der Waals surface area contributed by atoms with E-state index in [1.54, 1.807) is 29.7 Å². The molecule has 1 amide bonds. The van der Waals surface area contributed by atoms with Gasteiger partial charge in [0.15, 0.2) is 0 Å². The highest BCUT2D eigenvalue weighted by molar-refractivity contribution is 7.19. The van der Waals surface area contributed by atoms with Gasteiger partial charge in [-0.2, -0.15) is 0 Å². The standard InChI is InChI=1S/C19H17N3O3S2/c1-11-5-6-15(27-11)13-9-26-18-17(13)19(24)22(10-20-18)8-16(23)21-12(2)14-4-3-7-25-14/h3-7,9-10,12H,8H2,1-2H3,(H,21,23)/t12-/m1/s1. The van der Waals surface area contributed by atoms with Gasteiger partial charge in [-0.1, -0.05) is 0 Å². The van der Waals surface area contributed by atoms with Crippen molar-refractivity contribution in [1.82, 2.24) is 14.9 Å². The van der Waals surface area contributed by atoms with Crippen molar-refractivity contribution in [2.75, 3.05) is 0 Å². The van der Waals surface area contributed by atoms with Crippen molar-refractivity contribution in [2.24, 2.45) is 0 Å². The van der Waals surface area contributed by atoms with E-state index in [2.05, 4.69) is 10.3 Å². The first kappa shape index (κ1) is 17.7. The van der Waals surface area contributed by atoms with Crippen molar-refractivity contribution in [3.63, 3.8) is 0 Å². The van der Waals surface area contributed by atoms with E-state index in [9.17, 15) is 9.59 Å². The maximum absolute atomic E-state index is 13.0. The zero-order valence-electron chi connectivity index (χ0n) is 14.8. The third-order valence-electron chi connectivity index (χ3n) is 4.23. The van der Waals surface area contributed by atoms with Gasteiger partial charge in [0.2, 0.25) is 5.91 Å². The molecule has 0 saturated heterocycles. The van der Waals surface area contributed by atoms with E-state index in [4.69, 9.17) is 4.42 Å². The number of hydrogen-bond acceptors (Lipinski definition) is 6. The van der Waals surface area contributed by atoms with Crippen LogP contribution in [0.25, 0.3) is 20.7 Å². The number of carbonyl (C=O) groups is 1. The second-order valence-electron chi connectivity index (χ2n) is 6.22. The van der Waals surface area contributed by atoms with Gasteiger partial charge in [-0.05, 0) is 38.1 Å². The summed E-state index contributed by atoms with van der Waals surface area (Å²) in [6.45, 7) is 3.77. The fourth-order valence-corrected chi connectivity index (χ4v) is 4.75. The summed E-state index contributed by atoms with van der Waals surface area (Å²) in [6, 6.07) is 7.33. The first-order valence-electron chi connectivity index (χ1n) is 8.39. The Morgan fingerprint density at radius 3 is 2.93 bits per heavy atom. The molecule has 138 valence electrons. The molecule has 0 saturated carbocycles. The Labute approximate surface area is 163 Å². The summed E-state index contributed by atoms with van der Waals surface area (Å²) in [5.74, 6) is 0.392. The Bertz CT molecular complexity index is 1150. The third-order valence-corrected chi connectivity index (χ3v) is 6.15. The molecule has 4 aromatic heterocycles. The highest BCUT2D eigenvalue weighted by Crippen LogP contribution is 2.34. The predicted molar refractivity (Wildman–Crippen MR) is 107 cm³/mol. The highest BCUT2D eigenvalue weighted by Gasteiger charge is 2.17. The van der Waals surface area contributed by atoms with Gasteiger partial charge in [-0.25, -0.2) is 4.98 Å². The molecule has 4 rings (SSSR count). The Morgan fingerprint density at radius 1 is 1.37 bits per heavy atom. The van der Waals surface area contributed by atoms with Crippen LogP contribution in [-0.4, -0.2) is 15.5 Å². The molecule has 1 N–H and O–H groups in total. The lowest BCUT2D eigenvalue weighted by molar-refractivity contribution is -0.122. The van der Waals surface area contributed by atoms with Crippen molar-refractivity contribution in [3.8, 4) is 10.4 Å². The van der Waals surface area contributed by atoms with Crippen molar-refractivity contribution < 1.29 is 9.21 Å². The van der Waals surface area contributed by atoms with Crippen molar-refractivity contribution >= 4 is 38.8 Å². The molecule has 6 nitrogen and oxygen atoms in total. The van der Waals surface area contributed by atoms with Gasteiger partial charge in [-0.15, -0.1) is 22.7 Å². The minimum Gasteiger partial charge on any atom is -0.467 e. The van der Waals surface area contributed by atoms with Crippen LogP contribution >= 0.6 is 22.7 Å². The summed E-state index contributed by atoms with van der Waals surface area (Å²) < 4.78 is 6.64. The Hall–Kier alpha value is -2.71. The number of nitrogens with one attached hydrogen (secondary N) is 1. The normalized spacial score (nSPS) is 12.4. The Morgan fingerprint density at radius 2 is 2.22 bits per heavy atom. The van der Waals surface area contributed by atoms with Crippen LogP contribution in [0.1, 0.15) is 23.6 Å². The summed E-state index contributed by atoms with van der Waals surface area (Å²) >= 11 is 3.07. The number of carbonyl (C=O) groups excluding carboxylic acids is 1. The summed E-state index contributed by atoms with van der Waals surface area (Å²) in [7, 11) is 0. The van der Waals surface area contributed by atoms with E-state index in [0.29, 0.717) is 16.0 Å². The topological polar surface area (TPSA) is 77.1 Å². The van der Waals surface area contributed by atoms with Crippen molar-refractivity contribution in [1.29, 1.82) is 0 Å². The first-order valence-corrected chi connectivity index (χ1v) is 10.1. The number of aryl methyl sites for hydroxylation is 1. The second kappa shape index (κ2) is 7.13. The molecule has 0 bridgehead atoms. The predicted octanol–water partition coefficient (Wildman–Crippen LogP) is 3.97. The molecule has 0 spiro atoms. The summed E-state index contributed by atoms with van der Waals surface area (Å²) in [5.41, 5.74) is 0.674. The lowest BCUT2D eigenvalue weighted by Crippen LogP contribution is -2.33. The molecule has 0 aliphatic carbocycles. The molecule has 4 aromatic rings. The number of rotatable bonds is 5. The zero-order chi connectivity index (χ0) is 19.0. The maximum Gasteiger partial charge on any atom is 0.263 e. The minimum atomic E-state index is -0.273. The van der Waals surface area contributed by atoms with Gasteiger partial charge in [0, 0.05) is 20.7 Å². The molecular weight excluding hydrogens is 382 g/mol. The maximum atomic E-state index is 13.0. The van der Waals surface area contributed by atoms with E-state index < -0.39 is 0 Å². The summed E-state index contributed by atoms with van der Waals surface area (Å²) in [5, 5.41) is 5.35. The molecule has 0 fully saturated rings. The molecule has 0 radical (unpaired) electrons. The lowest BCUT2D eigenvalue weighted by Gasteiger charge is -2.12. The van der Waals surface area contributed by atoms with E-state index in [-0.39, 0.29) is 24.1 Å². The number of fused-ring (bicyclic) bond motifs is 1. The summed E-state index contributed by atoms with van der Waals surface area (Å²) in [4.78, 5) is 32.6. The number of nitrogens with zero attached hydrogens (tertiary/aromatic N) is 2. The minimum absolute atomic E-state index is 0.0917. The van der Waals surface area contributed by atoms with Crippen LogP contribution in [0.2, 0.25) is 0 Å². The average Bonchev–Trinajstić information content (AvgIpc) is 3.37. The average molecular weight is 399 g/mol. The molecule has 0 aliphatic rings. The molecule has 4 heterocycles. The van der Waals surface area contributed by atoms with Crippen molar-refractivity contribution in [3.05, 3.63) is 63.2 Å². The van der Waals surface area contributed by atoms with E-state index in [0.717, 1.165) is 10.4 Å². The van der Waals surface area contributed by atoms with Gasteiger partial charge in [0.05, 0.1) is 24.0 Å². The third kappa shape index (κ3) is 3.45. The molecule has 27 heavy (non-hydrogen) atoms. The van der Waals surface area contributed by atoms with Crippen LogP contribution in [0.4, 0.5) is 0 Å². The lowest BCUT2D eigenvalue weighted by atomic mass is 10.2. The molecule has 0 aromatic carbocycles. The van der Waals surface area contributed by atoms with Crippen molar-refractivity contribution in [2.45, 2.75) is 26.4 Å². The van der Waals surface area contributed by atoms with Gasteiger partial charge in [0.1, 0.15) is 17.1 Å². The van der Waals surface area contributed by atoms with Gasteiger partial charge >= 0.3 is 0 Å². The van der Waals surface area contributed by atoms with Gasteiger partial charge in [-0.3, -0.25) is 14.2 Å². The largest absolute Gasteiger partial charge is 0.467 e. The highest BCUT2D eigenvalue weighted by atomic mass is 32.1. The number of amides is 1. The monoisotopic (exact) mass is 399 g/mol. The number of thiophene rings is 2. The molecule has 0 unspecified atom stereocenters. The number of furan rings is 1. The smallest absolute Gasteiger partial charge is 0.263 e. The fraction of sp³-hybridized carbons (Fsp3) is 0.211.